The van der Waals surface area contributed by atoms with Gasteiger partial charge in [-0.05, 0) is 61.0 Å². The maximum Gasteiger partial charge on any atom is 0.269 e. The lowest BCUT2D eigenvalue weighted by atomic mass is 10.2. The number of para-hydroxylation sites is 1. The number of ether oxygens (including phenoxy) is 1. The summed E-state index contributed by atoms with van der Waals surface area (Å²) in [7, 11) is -4.22. The van der Waals surface area contributed by atoms with E-state index in [1.807, 2.05) is 0 Å². The molecule has 4 aromatic rings. The second-order valence-corrected chi connectivity index (χ2v) is 10.4. The zero-order chi connectivity index (χ0) is 24.5. The number of nitrogens with zero attached hydrogens (tertiary/aromatic N) is 3. The fraction of sp³-hybridized carbons (Fsp3) is 0.0417. The van der Waals surface area contributed by atoms with Crippen LogP contribution in [0, 0.1) is 18.3 Å². The molecule has 4 rings (SSSR count). The highest BCUT2D eigenvalue weighted by atomic mass is 79.9. The first-order valence-corrected chi connectivity index (χ1v) is 12.4. The zero-order valence-electron chi connectivity index (χ0n) is 17.6. The third-order valence-electron chi connectivity index (χ3n) is 4.89. The average molecular weight is 557 g/mol. The number of pyridine rings is 1. The number of nitriles is 1. The van der Waals surface area contributed by atoms with Crippen LogP contribution in [0.5, 0.6) is 11.6 Å². The normalized spacial score (nSPS) is 11.9. The smallest absolute Gasteiger partial charge is 0.269 e. The topological polar surface area (TPSA) is 102 Å². The van der Waals surface area contributed by atoms with Crippen molar-refractivity contribution in [2.75, 3.05) is 0 Å². The van der Waals surface area contributed by atoms with Gasteiger partial charge in [0, 0.05) is 10.7 Å². The Morgan fingerprint density at radius 3 is 2.53 bits per heavy atom. The van der Waals surface area contributed by atoms with Gasteiger partial charge in [-0.1, -0.05) is 45.7 Å². The molecule has 0 aliphatic rings. The van der Waals surface area contributed by atoms with Crippen molar-refractivity contribution in [1.82, 2.24) is 9.38 Å². The molecule has 0 spiro atoms. The third kappa shape index (κ3) is 4.48. The molecule has 2 aromatic heterocycles. The number of halogens is 2. The quantitative estimate of drug-likeness (QED) is 0.299. The van der Waals surface area contributed by atoms with E-state index in [2.05, 4.69) is 20.9 Å². The molecule has 0 bridgehead atoms. The number of sulfone groups is 1. The third-order valence-corrected chi connectivity index (χ3v) is 7.41. The Kier molecular flexibility index (Phi) is 6.57. The fourth-order valence-electron chi connectivity index (χ4n) is 3.17. The van der Waals surface area contributed by atoms with Gasteiger partial charge in [-0.2, -0.15) is 10.2 Å². The molecule has 170 valence electrons. The van der Waals surface area contributed by atoms with E-state index in [0.717, 1.165) is 6.08 Å². The van der Waals surface area contributed by atoms with Gasteiger partial charge in [-0.15, -0.1) is 0 Å². The lowest BCUT2D eigenvalue weighted by Crippen LogP contribution is -2.20. The number of hydrogen-bond donors (Lipinski definition) is 0. The van der Waals surface area contributed by atoms with E-state index in [1.165, 1.54) is 22.7 Å². The fourth-order valence-corrected chi connectivity index (χ4v) is 4.75. The van der Waals surface area contributed by atoms with Crippen LogP contribution in [0.1, 0.15) is 11.1 Å². The molecule has 2 heterocycles. The predicted octanol–water partition coefficient (Wildman–Crippen LogP) is 5.55. The molecular weight excluding hydrogens is 542 g/mol. The van der Waals surface area contributed by atoms with Crippen LogP contribution in [-0.2, 0) is 9.84 Å². The maximum absolute atomic E-state index is 13.4. The van der Waals surface area contributed by atoms with E-state index < -0.39 is 20.3 Å². The van der Waals surface area contributed by atoms with Crippen LogP contribution in [0.3, 0.4) is 0 Å². The summed E-state index contributed by atoms with van der Waals surface area (Å²) in [6, 6.07) is 17.5. The highest BCUT2D eigenvalue weighted by Gasteiger charge is 2.24. The van der Waals surface area contributed by atoms with Gasteiger partial charge in [-0.25, -0.2) is 8.42 Å². The second-order valence-electron chi connectivity index (χ2n) is 7.13. The van der Waals surface area contributed by atoms with Gasteiger partial charge in [0.05, 0.1) is 9.92 Å². The number of benzene rings is 2. The summed E-state index contributed by atoms with van der Waals surface area (Å²) in [5.74, 6) is 0.0454. The Morgan fingerprint density at radius 2 is 1.85 bits per heavy atom. The van der Waals surface area contributed by atoms with E-state index in [0.29, 0.717) is 15.7 Å². The molecule has 0 radical (unpaired) electrons. The average Bonchev–Trinajstić information content (AvgIpc) is 2.81. The number of aromatic nitrogens is 2. The van der Waals surface area contributed by atoms with Crippen molar-refractivity contribution in [2.45, 2.75) is 11.8 Å². The lowest BCUT2D eigenvalue weighted by molar-refractivity contribution is 0.461. The highest BCUT2D eigenvalue weighted by molar-refractivity contribution is 9.10. The molecule has 0 aliphatic carbocycles. The number of allylic oxidation sites excluding steroid dienone is 1. The van der Waals surface area contributed by atoms with Gasteiger partial charge in [0.2, 0.25) is 15.7 Å². The summed E-state index contributed by atoms with van der Waals surface area (Å²) >= 11 is 9.46. The number of hydrogen-bond acceptors (Lipinski definition) is 6. The lowest BCUT2D eigenvalue weighted by Gasteiger charge is -2.12. The van der Waals surface area contributed by atoms with Gasteiger partial charge in [0.1, 0.15) is 27.9 Å². The first-order chi connectivity index (χ1) is 16.2. The van der Waals surface area contributed by atoms with E-state index in [4.69, 9.17) is 16.3 Å². The number of aryl methyl sites for hydroxylation is 1. The first kappa shape index (κ1) is 23.7. The standard InChI is InChI=1S/C24H15BrClN3O4S/c1-15-5-4-12-29-22(15)28-23(33-21-7-3-2-6-20(21)26)19(24(29)30)13-18(14-27)34(31,32)17-10-8-16(25)9-11-17/h2-13H,1H3. The molecule has 0 amide bonds. The van der Waals surface area contributed by atoms with Crippen molar-refractivity contribution < 1.29 is 13.2 Å². The summed E-state index contributed by atoms with van der Waals surface area (Å²) in [5, 5.41) is 9.98. The van der Waals surface area contributed by atoms with E-state index in [-0.39, 0.29) is 27.1 Å². The van der Waals surface area contributed by atoms with Crippen molar-refractivity contribution in [3.63, 3.8) is 0 Å². The minimum atomic E-state index is -4.22. The van der Waals surface area contributed by atoms with Gasteiger partial charge < -0.3 is 4.74 Å². The predicted molar refractivity (Wildman–Crippen MR) is 133 cm³/mol. The van der Waals surface area contributed by atoms with Crippen molar-refractivity contribution in [3.05, 3.63) is 103 Å². The molecule has 0 saturated carbocycles. The molecule has 2 aromatic carbocycles. The zero-order valence-corrected chi connectivity index (χ0v) is 20.7. The van der Waals surface area contributed by atoms with E-state index in [1.54, 1.807) is 61.5 Å². The van der Waals surface area contributed by atoms with E-state index >= 15 is 0 Å². The largest absolute Gasteiger partial charge is 0.437 e. The molecule has 0 saturated heterocycles. The Labute approximate surface area is 208 Å². The molecule has 0 N–H and O–H groups in total. The summed E-state index contributed by atoms with van der Waals surface area (Å²) in [5.41, 5.74) is 0.206. The van der Waals surface area contributed by atoms with Gasteiger partial charge in [0.15, 0.2) is 0 Å². The van der Waals surface area contributed by atoms with Crippen LogP contribution < -0.4 is 10.3 Å². The molecule has 0 atom stereocenters. The molecule has 7 nitrogen and oxygen atoms in total. The highest BCUT2D eigenvalue weighted by Crippen LogP contribution is 2.31. The number of rotatable bonds is 5. The second kappa shape index (κ2) is 9.43. The minimum absolute atomic E-state index is 0.0956. The minimum Gasteiger partial charge on any atom is -0.437 e. The van der Waals surface area contributed by atoms with Gasteiger partial charge in [-0.3, -0.25) is 9.20 Å². The maximum atomic E-state index is 13.4. The monoisotopic (exact) mass is 555 g/mol. The SMILES string of the molecule is Cc1cccn2c(=O)c(C=C(C#N)S(=O)(=O)c3ccc(Br)cc3)c(Oc3ccccc3Cl)nc12. The van der Waals surface area contributed by atoms with E-state index in [9.17, 15) is 18.5 Å². The van der Waals surface area contributed by atoms with Crippen LogP contribution in [0.2, 0.25) is 5.02 Å². The van der Waals surface area contributed by atoms with Crippen LogP contribution in [0.4, 0.5) is 0 Å². The molecule has 34 heavy (non-hydrogen) atoms. The first-order valence-electron chi connectivity index (χ1n) is 9.79. The van der Waals surface area contributed by atoms with Crippen LogP contribution in [0.25, 0.3) is 11.7 Å². The summed E-state index contributed by atoms with van der Waals surface area (Å²) in [4.78, 5) is 17.1. The van der Waals surface area contributed by atoms with Crippen molar-refractivity contribution >= 4 is 49.1 Å². The Morgan fingerprint density at radius 1 is 1.15 bits per heavy atom. The summed E-state index contributed by atoms with van der Waals surface area (Å²) < 4.78 is 34.1. The Bertz CT molecular complexity index is 1660. The Balaban J connectivity index is 1.98. The van der Waals surface area contributed by atoms with Crippen molar-refractivity contribution in [2.24, 2.45) is 0 Å². The van der Waals surface area contributed by atoms with Crippen molar-refractivity contribution in [3.8, 4) is 17.7 Å². The van der Waals surface area contributed by atoms with Crippen LogP contribution in [-0.4, -0.2) is 17.8 Å². The molecular formula is C24H15BrClN3O4S. The number of fused-ring (bicyclic) bond motifs is 1. The Hall–Kier alpha value is -3.45. The molecule has 0 fully saturated rings. The van der Waals surface area contributed by atoms with Crippen molar-refractivity contribution in [1.29, 1.82) is 5.26 Å². The van der Waals surface area contributed by atoms with Crippen LogP contribution in [0.15, 0.2) is 85.9 Å². The van der Waals surface area contributed by atoms with Gasteiger partial charge in [0.25, 0.3) is 5.56 Å². The molecule has 0 unspecified atom stereocenters. The summed E-state index contributed by atoms with van der Waals surface area (Å²) in [6.45, 7) is 1.77. The molecule has 0 aliphatic heterocycles. The van der Waals surface area contributed by atoms with Crippen LogP contribution >= 0.6 is 27.5 Å². The molecule has 10 heteroatoms. The summed E-state index contributed by atoms with van der Waals surface area (Å²) in [6.07, 6.45) is 2.48. The van der Waals surface area contributed by atoms with Gasteiger partial charge >= 0.3 is 0 Å².